The van der Waals surface area contributed by atoms with Gasteiger partial charge in [-0.15, -0.1) is 0 Å². The number of aryl methyl sites for hydroxylation is 1. The van der Waals surface area contributed by atoms with Crippen LogP contribution < -0.4 is 5.32 Å². The average Bonchev–Trinajstić information content (AvgIpc) is 3.44. The van der Waals surface area contributed by atoms with E-state index in [4.69, 9.17) is 5.10 Å². The Kier molecular flexibility index (Phi) is 4.97. The first-order valence-corrected chi connectivity index (χ1v) is 10.4. The van der Waals surface area contributed by atoms with Gasteiger partial charge in [0, 0.05) is 45.1 Å². The topological polar surface area (TPSA) is 50.9 Å². The van der Waals surface area contributed by atoms with Crippen molar-refractivity contribution in [3.05, 3.63) is 60.0 Å². The van der Waals surface area contributed by atoms with Gasteiger partial charge in [0.1, 0.15) is 5.69 Å². The van der Waals surface area contributed by atoms with Crippen LogP contribution in [0.25, 0.3) is 11.5 Å². The van der Waals surface area contributed by atoms with E-state index in [1.54, 1.807) is 0 Å². The number of nitrogens with zero attached hydrogens (tertiary/aromatic N) is 5. The van der Waals surface area contributed by atoms with Crippen molar-refractivity contribution in [2.45, 2.75) is 38.4 Å². The Morgan fingerprint density at radius 1 is 1.11 bits per heavy atom. The molecule has 3 aromatic rings. The van der Waals surface area contributed by atoms with Gasteiger partial charge in [0.2, 0.25) is 0 Å². The minimum absolute atomic E-state index is 0.666. The Bertz CT molecular complexity index is 889. The van der Waals surface area contributed by atoms with E-state index in [9.17, 15) is 0 Å². The smallest absolute Gasteiger partial charge is 0.160 e. The van der Waals surface area contributed by atoms with E-state index in [0.717, 1.165) is 57.2 Å². The lowest BCUT2D eigenvalue weighted by molar-refractivity contribution is 0.319. The maximum atomic E-state index is 4.83. The highest BCUT2D eigenvalue weighted by Gasteiger charge is 2.23. The number of fused-ring (bicyclic) bond motifs is 1. The second-order valence-electron chi connectivity index (χ2n) is 7.92. The molecule has 1 aromatic carbocycles. The third-order valence-electron chi connectivity index (χ3n) is 6.04. The molecule has 1 atom stereocenters. The summed E-state index contributed by atoms with van der Waals surface area (Å²) in [5.74, 6) is 1.65. The molecule has 0 saturated carbocycles. The molecule has 2 aliphatic rings. The van der Waals surface area contributed by atoms with Crippen molar-refractivity contribution in [2.24, 2.45) is 0 Å². The average molecular weight is 377 g/mol. The molecule has 5 rings (SSSR count). The first kappa shape index (κ1) is 17.6. The fourth-order valence-electron chi connectivity index (χ4n) is 4.48. The van der Waals surface area contributed by atoms with Gasteiger partial charge < -0.3 is 14.8 Å². The minimum atomic E-state index is 0.666. The van der Waals surface area contributed by atoms with Crippen molar-refractivity contribution in [2.75, 3.05) is 26.2 Å². The predicted molar refractivity (Wildman–Crippen MR) is 110 cm³/mol. The Labute approximate surface area is 166 Å². The largest absolute Gasteiger partial charge is 0.328 e. The maximum Gasteiger partial charge on any atom is 0.160 e. The van der Waals surface area contributed by atoms with Crippen LogP contribution in [0.5, 0.6) is 0 Å². The number of rotatable bonds is 5. The second-order valence-corrected chi connectivity index (χ2v) is 7.92. The molecule has 0 aliphatic carbocycles. The summed E-state index contributed by atoms with van der Waals surface area (Å²) in [4.78, 5) is 7.19. The van der Waals surface area contributed by atoms with Crippen LogP contribution in [0.4, 0.5) is 0 Å². The lowest BCUT2D eigenvalue weighted by Gasteiger charge is -2.17. The van der Waals surface area contributed by atoms with Crippen molar-refractivity contribution in [1.29, 1.82) is 0 Å². The number of benzene rings is 1. The zero-order valence-corrected chi connectivity index (χ0v) is 16.3. The highest BCUT2D eigenvalue weighted by atomic mass is 15.3. The summed E-state index contributed by atoms with van der Waals surface area (Å²) in [6.07, 6.45) is 6.36. The molecule has 2 aromatic heterocycles. The van der Waals surface area contributed by atoms with Gasteiger partial charge in [0.15, 0.2) is 5.82 Å². The zero-order valence-electron chi connectivity index (χ0n) is 16.3. The minimum Gasteiger partial charge on any atom is -0.328 e. The predicted octanol–water partition coefficient (Wildman–Crippen LogP) is 2.73. The lowest BCUT2D eigenvalue weighted by atomic mass is 9.99. The van der Waals surface area contributed by atoms with E-state index in [-0.39, 0.29) is 0 Å². The van der Waals surface area contributed by atoms with Crippen LogP contribution in [0, 0.1) is 0 Å². The van der Waals surface area contributed by atoms with Gasteiger partial charge in [-0.3, -0.25) is 4.68 Å². The summed E-state index contributed by atoms with van der Waals surface area (Å²) in [5, 5.41) is 8.29. The summed E-state index contributed by atoms with van der Waals surface area (Å²) in [5.41, 5.74) is 3.72. The van der Waals surface area contributed by atoms with Crippen molar-refractivity contribution < 1.29 is 0 Å². The third kappa shape index (κ3) is 3.62. The van der Waals surface area contributed by atoms with E-state index >= 15 is 0 Å². The summed E-state index contributed by atoms with van der Waals surface area (Å²) >= 11 is 0. The van der Waals surface area contributed by atoms with Crippen LogP contribution >= 0.6 is 0 Å². The second kappa shape index (κ2) is 7.89. The summed E-state index contributed by atoms with van der Waals surface area (Å²) in [6, 6.07) is 13.1. The van der Waals surface area contributed by atoms with Gasteiger partial charge in [0.05, 0.1) is 5.69 Å². The Balaban J connectivity index is 1.24. The molecule has 1 fully saturated rings. The zero-order chi connectivity index (χ0) is 18.8. The lowest BCUT2D eigenvalue weighted by Crippen LogP contribution is -2.25. The Morgan fingerprint density at radius 3 is 2.96 bits per heavy atom. The van der Waals surface area contributed by atoms with E-state index < -0.39 is 0 Å². The Hall–Kier alpha value is -2.44. The molecule has 0 radical (unpaired) electrons. The van der Waals surface area contributed by atoms with Crippen molar-refractivity contribution >= 4 is 0 Å². The molecule has 4 heterocycles. The van der Waals surface area contributed by atoms with Crippen LogP contribution in [-0.4, -0.2) is 50.4 Å². The molecule has 2 aliphatic heterocycles. The van der Waals surface area contributed by atoms with E-state index in [1.807, 2.05) is 6.20 Å². The molecule has 146 valence electrons. The number of aromatic nitrogens is 4. The number of likely N-dealkylation sites (tertiary alicyclic amines) is 1. The van der Waals surface area contributed by atoms with Gasteiger partial charge in [-0.1, -0.05) is 30.3 Å². The standard InChI is InChI=1S/C22H28N6/c1-2-5-18(6-3-1)19-7-11-26(17-19)13-14-27-12-9-24-22(27)21-15-20-16-23-8-4-10-28(20)25-21/h1-3,5-6,9,12,15,19,23H,4,7-8,10-11,13-14,16-17H2. The van der Waals surface area contributed by atoms with Crippen LogP contribution in [0.2, 0.25) is 0 Å². The van der Waals surface area contributed by atoms with E-state index in [0.29, 0.717) is 5.92 Å². The first-order valence-electron chi connectivity index (χ1n) is 10.4. The van der Waals surface area contributed by atoms with Gasteiger partial charge in [-0.2, -0.15) is 5.10 Å². The maximum absolute atomic E-state index is 4.83. The highest BCUT2D eigenvalue weighted by Crippen LogP contribution is 2.27. The fraction of sp³-hybridized carbons (Fsp3) is 0.455. The van der Waals surface area contributed by atoms with Crippen molar-refractivity contribution in [3.63, 3.8) is 0 Å². The summed E-state index contributed by atoms with van der Waals surface area (Å²) < 4.78 is 4.39. The van der Waals surface area contributed by atoms with Gasteiger partial charge in [0.25, 0.3) is 0 Å². The molecule has 0 bridgehead atoms. The van der Waals surface area contributed by atoms with Crippen LogP contribution in [-0.2, 0) is 19.6 Å². The molecule has 6 nitrogen and oxygen atoms in total. The van der Waals surface area contributed by atoms with E-state index in [1.165, 1.54) is 24.2 Å². The number of imidazole rings is 1. The van der Waals surface area contributed by atoms with Gasteiger partial charge >= 0.3 is 0 Å². The van der Waals surface area contributed by atoms with Crippen LogP contribution in [0.1, 0.15) is 30.0 Å². The third-order valence-corrected chi connectivity index (χ3v) is 6.04. The monoisotopic (exact) mass is 376 g/mol. The molecule has 0 amide bonds. The van der Waals surface area contributed by atoms with Crippen LogP contribution in [0.15, 0.2) is 48.8 Å². The Morgan fingerprint density at radius 2 is 2.04 bits per heavy atom. The van der Waals surface area contributed by atoms with Gasteiger partial charge in [-0.05, 0) is 43.5 Å². The quantitative estimate of drug-likeness (QED) is 0.744. The summed E-state index contributed by atoms with van der Waals surface area (Å²) in [7, 11) is 0. The molecule has 28 heavy (non-hydrogen) atoms. The number of nitrogens with one attached hydrogen (secondary N) is 1. The highest BCUT2D eigenvalue weighted by molar-refractivity contribution is 5.50. The number of hydrogen-bond acceptors (Lipinski definition) is 4. The molecule has 6 heteroatoms. The summed E-state index contributed by atoms with van der Waals surface area (Å²) in [6.45, 7) is 7.28. The molecule has 1 N–H and O–H groups in total. The fourth-order valence-corrected chi connectivity index (χ4v) is 4.48. The first-order chi connectivity index (χ1) is 13.9. The van der Waals surface area contributed by atoms with Crippen molar-refractivity contribution in [1.82, 2.24) is 29.5 Å². The molecule has 1 unspecified atom stereocenters. The number of hydrogen-bond donors (Lipinski definition) is 1. The van der Waals surface area contributed by atoms with Crippen molar-refractivity contribution in [3.8, 4) is 11.5 Å². The normalized spacial score (nSPS) is 20.2. The van der Waals surface area contributed by atoms with Crippen LogP contribution in [0.3, 0.4) is 0 Å². The van der Waals surface area contributed by atoms with E-state index in [2.05, 4.69) is 67.0 Å². The SMILES string of the molecule is c1ccc(C2CCN(CCn3ccnc3-c3cc4n(n3)CCCNC4)C2)cc1. The molecule has 1 saturated heterocycles. The molecular weight excluding hydrogens is 348 g/mol. The molecule has 0 spiro atoms. The molecular formula is C22H28N6. The van der Waals surface area contributed by atoms with Gasteiger partial charge in [-0.25, -0.2) is 4.98 Å².